The molecule has 0 radical (unpaired) electrons. The van der Waals surface area contributed by atoms with Crippen molar-refractivity contribution in [1.29, 1.82) is 0 Å². The van der Waals surface area contributed by atoms with Crippen molar-refractivity contribution in [3.05, 3.63) is 65.2 Å². The summed E-state index contributed by atoms with van der Waals surface area (Å²) in [5, 5.41) is 2.73. The SMILES string of the molecule is COc1cc2c(cc1OCCCCCOc1cc3c(cc1OC)C(=O)N1CCCC1CN3C(=O)OCc1ccc(NC(=O)[C@H](C)N)cc1)N=CC1CCCN1C2=O. The van der Waals surface area contributed by atoms with Gasteiger partial charge >= 0.3 is 6.09 Å². The normalized spacial score (nSPS) is 18.8. The largest absolute Gasteiger partial charge is 0.493 e. The molecule has 4 amide bonds. The van der Waals surface area contributed by atoms with Gasteiger partial charge in [0, 0.05) is 43.7 Å². The fourth-order valence-electron chi connectivity index (χ4n) is 7.67. The Morgan fingerprint density at radius 3 is 2.19 bits per heavy atom. The van der Waals surface area contributed by atoms with E-state index in [2.05, 4.69) is 10.3 Å². The molecule has 0 spiro atoms. The maximum Gasteiger partial charge on any atom is 0.414 e. The van der Waals surface area contributed by atoms with Gasteiger partial charge in [0.15, 0.2) is 23.0 Å². The minimum absolute atomic E-state index is 0.0102. The number of ether oxygens (including phenoxy) is 5. The Bertz CT molecular complexity index is 2020. The molecule has 0 aromatic heterocycles. The van der Waals surface area contributed by atoms with Gasteiger partial charge in [0.2, 0.25) is 5.91 Å². The first-order chi connectivity index (χ1) is 27.6. The van der Waals surface area contributed by atoms with Gasteiger partial charge in [-0.05, 0) is 81.7 Å². The van der Waals surface area contributed by atoms with Crippen LogP contribution in [-0.4, -0.2) is 105 Å². The number of nitrogens with one attached hydrogen (secondary N) is 1. The third-order valence-electron chi connectivity index (χ3n) is 10.8. The minimum atomic E-state index is -0.645. The second kappa shape index (κ2) is 17.5. The van der Waals surface area contributed by atoms with E-state index in [-0.39, 0.29) is 43.0 Å². The summed E-state index contributed by atoms with van der Waals surface area (Å²) >= 11 is 0. The Kier molecular flexibility index (Phi) is 12.1. The fourth-order valence-corrected chi connectivity index (χ4v) is 7.67. The molecule has 7 rings (SSSR count). The molecule has 3 aromatic rings. The number of nitrogens with zero attached hydrogens (tertiary/aromatic N) is 4. The number of rotatable bonds is 14. The summed E-state index contributed by atoms with van der Waals surface area (Å²) in [5.74, 6) is 1.33. The van der Waals surface area contributed by atoms with Gasteiger partial charge in [0.25, 0.3) is 11.8 Å². The molecular weight excluding hydrogens is 732 g/mol. The number of unbranched alkanes of at least 4 members (excludes halogenated alkanes) is 2. The van der Waals surface area contributed by atoms with Crippen LogP contribution in [0, 0.1) is 0 Å². The van der Waals surface area contributed by atoms with Crippen molar-refractivity contribution in [2.45, 2.75) is 76.6 Å². The van der Waals surface area contributed by atoms with Crippen LogP contribution in [-0.2, 0) is 16.1 Å². The number of benzene rings is 3. The van der Waals surface area contributed by atoms with Crippen LogP contribution >= 0.6 is 0 Å². The third-order valence-corrected chi connectivity index (χ3v) is 10.8. The van der Waals surface area contributed by atoms with E-state index < -0.39 is 12.1 Å². The Balaban J connectivity index is 0.968. The molecule has 0 saturated carbocycles. The molecular formula is C42H50N6O9. The quantitative estimate of drug-likeness (QED) is 0.193. The van der Waals surface area contributed by atoms with Gasteiger partial charge in [0.1, 0.15) is 6.61 Å². The average Bonchev–Trinajstić information content (AvgIpc) is 3.85. The topological polar surface area (TPSA) is 175 Å². The van der Waals surface area contributed by atoms with Gasteiger partial charge in [0.05, 0.1) is 68.1 Å². The van der Waals surface area contributed by atoms with Gasteiger partial charge in [-0.2, -0.15) is 0 Å². The average molecular weight is 783 g/mol. The van der Waals surface area contributed by atoms with Crippen molar-refractivity contribution < 1.29 is 42.9 Å². The molecule has 57 heavy (non-hydrogen) atoms. The maximum absolute atomic E-state index is 13.8. The first-order valence-electron chi connectivity index (χ1n) is 19.6. The van der Waals surface area contributed by atoms with Gasteiger partial charge in [-0.25, -0.2) is 4.79 Å². The van der Waals surface area contributed by atoms with E-state index in [1.165, 1.54) is 12.0 Å². The highest BCUT2D eigenvalue weighted by Gasteiger charge is 2.40. The molecule has 302 valence electrons. The molecule has 15 nitrogen and oxygen atoms in total. The van der Waals surface area contributed by atoms with E-state index in [1.54, 1.807) is 62.6 Å². The Labute approximate surface area is 332 Å². The highest BCUT2D eigenvalue weighted by Crippen LogP contribution is 2.41. The lowest BCUT2D eigenvalue weighted by molar-refractivity contribution is -0.117. The number of methoxy groups -OCH3 is 2. The van der Waals surface area contributed by atoms with Crippen LogP contribution < -0.4 is 34.9 Å². The number of anilines is 2. The van der Waals surface area contributed by atoms with Crippen molar-refractivity contribution in [1.82, 2.24) is 9.80 Å². The molecule has 15 heteroatoms. The zero-order valence-corrected chi connectivity index (χ0v) is 32.7. The van der Waals surface area contributed by atoms with Crippen LogP contribution in [0.25, 0.3) is 0 Å². The van der Waals surface area contributed by atoms with Gasteiger partial charge < -0.3 is 44.5 Å². The van der Waals surface area contributed by atoms with Gasteiger partial charge in [-0.15, -0.1) is 0 Å². The summed E-state index contributed by atoms with van der Waals surface area (Å²) in [7, 11) is 3.08. The van der Waals surface area contributed by atoms with Crippen LogP contribution in [0.4, 0.5) is 21.9 Å². The number of carbonyl (C=O) groups excluding carboxylic acids is 4. The van der Waals surface area contributed by atoms with Crippen molar-refractivity contribution in [3.63, 3.8) is 0 Å². The highest BCUT2D eigenvalue weighted by atomic mass is 16.6. The fraction of sp³-hybridized carbons (Fsp3) is 0.452. The zero-order chi connectivity index (χ0) is 40.1. The molecule has 2 unspecified atom stereocenters. The van der Waals surface area contributed by atoms with Crippen molar-refractivity contribution in [2.75, 3.05) is 57.3 Å². The number of aliphatic imine (C=N–C) groups is 1. The van der Waals surface area contributed by atoms with Crippen LogP contribution in [0.2, 0.25) is 0 Å². The van der Waals surface area contributed by atoms with Crippen molar-refractivity contribution in [2.24, 2.45) is 10.7 Å². The minimum Gasteiger partial charge on any atom is -0.493 e. The summed E-state index contributed by atoms with van der Waals surface area (Å²) in [6.45, 7) is 3.99. The summed E-state index contributed by atoms with van der Waals surface area (Å²) in [6.07, 6.45) is 7.00. The van der Waals surface area contributed by atoms with E-state index >= 15 is 0 Å². The van der Waals surface area contributed by atoms with Crippen LogP contribution in [0.3, 0.4) is 0 Å². The van der Waals surface area contributed by atoms with Crippen LogP contribution in [0.1, 0.15) is 78.1 Å². The molecule has 2 fully saturated rings. The molecule has 4 heterocycles. The monoisotopic (exact) mass is 782 g/mol. The molecule has 4 aliphatic rings. The number of carbonyl (C=O) groups is 4. The summed E-state index contributed by atoms with van der Waals surface area (Å²) < 4.78 is 29.4. The van der Waals surface area contributed by atoms with Crippen molar-refractivity contribution >= 4 is 47.1 Å². The lowest BCUT2D eigenvalue weighted by Crippen LogP contribution is -2.42. The summed E-state index contributed by atoms with van der Waals surface area (Å²) in [4.78, 5) is 62.5. The predicted molar refractivity (Wildman–Crippen MR) is 213 cm³/mol. The van der Waals surface area contributed by atoms with Crippen molar-refractivity contribution in [3.8, 4) is 23.0 Å². The van der Waals surface area contributed by atoms with Crippen LogP contribution in [0.15, 0.2) is 53.5 Å². The molecule has 3 atom stereocenters. The standard InChI is InChI=1S/C42H50N6O9/c1-26(43)39(49)45-28-13-11-27(12-14-28)25-57-42(52)48-24-30-10-8-16-47(30)41(51)32-20-36(54-3)38(22-34(32)48)56-18-6-4-5-17-55-37-21-33-31(19-35(37)53-2)40(50)46-15-7-9-29(46)23-44-33/h11-14,19-23,26,29-30H,4-10,15-18,24-25,43H2,1-3H3,(H,45,49)/t26-,29?,30?/m0/s1. The number of nitrogens with two attached hydrogens (primary N) is 1. The summed E-state index contributed by atoms with van der Waals surface area (Å²) in [5.41, 5.74) is 8.80. The second-order valence-corrected chi connectivity index (χ2v) is 14.7. The van der Waals surface area contributed by atoms with Gasteiger partial charge in [-0.1, -0.05) is 12.1 Å². The summed E-state index contributed by atoms with van der Waals surface area (Å²) in [6, 6.07) is 13.0. The molecule has 0 bridgehead atoms. The zero-order valence-electron chi connectivity index (χ0n) is 32.7. The lowest BCUT2D eigenvalue weighted by atomic mass is 10.1. The van der Waals surface area contributed by atoms with Gasteiger partial charge in [-0.3, -0.25) is 24.3 Å². The Morgan fingerprint density at radius 1 is 0.842 bits per heavy atom. The van der Waals surface area contributed by atoms with E-state index in [0.717, 1.165) is 50.6 Å². The van der Waals surface area contributed by atoms with E-state index in [0.29, 0.717) is 77.4 Å². The molecule has 3 N–H and O–H groups in total. The number of hydrogen-bond acceptors (Lipinski definition) is 11. The number of hydrogen-bond donors (Lipinski definition) is 2. The first kappa shape index (κ1) is 39.4. The molecule has 2 saturated heterocycles. The van der Waals surface area contributed by atoms with E-state index in [4.69, 9.17) is 29.4 Å². The Hall–Kier alpha value is -5.83. The third kappa shape index (κ3) is 8.63. The smallest absolute Gasteiger partial charge is 0.414 e. The molecule has 3 aromatic carbocycles. The molecule has 4 aliphatic heterocycles. The molecule has 0 aliphatic carbocycles. The number of fused-ring (bicyclic) bond motifs is 4. The second-order valence-electron chi connectivity index (χ2n) is 14.7. The maximum atomic E-state index is 13.8. The van der Waals surface area contributed by atoms with E-state index in [1.807, 2.05) is 16.0 Å². The first-order valence-corrected chi connectivity index (χ1v) is 19.6. The highest BCUT2D eigenvalue weighted by molar-refractivity contribution is 6.06. The Morgan fingerprint density at radius 2 is 1.49 bits per heavy atom. The number of amides is 4. The lowest BCUT2D eigenvalue weighted by Gasteiger charge is -2.26. The van der Waals surface area contributed by atoms with E-state index in [9.17, 15) is 19.2 Å². The van der Waals surface area contributed by atoms with Crippen LogP contribution in [0.5, 0.6) is 23.0 Å². The predicted octanol–water partition coefficient (Wildman–Crippen LogP) is 5.70.